The minimum absolute atomic E-state index is 0.240. The van der Waals surface area contributed by atoms with Crippen molar-refractivity contribution in [3.63, 3.8) is 0 Å². The van der Waals surface area contributed by atoms with Crippen molar-refractivity contribution in [2.45, 2.75) is 13.8 Å². The molecule has 0 fully saturated rings. The van der Waals surface area contributed by atoms with Crippen LogP contribution in [-0.2, 0) is 0 Å². The minimum Gasteiger partial charge on any atom is -0.493 e. The third kappa shape index (κ3) is 4.45. The topological polar surface area (TPSA) is 103 Å². The number of hydrogen-bond acceptors (Lipinski definition) is 7. The number of hydrogen-bond donors (Lipinski definition) is 2. The van der Waals surface area contributed by atoms with Gasteiger partial charge in [-0.2, -0.15) is 0 Å². The molecule has 9 nitrogen and oxygen atoms in total. The molecule has 9 heteroatoms. The summed E-state index contributed by atoms with van der Waals surface area (Å²) < 4.78 is 12.4. The molecule has 0 atom stereocenters. The molecule has 0 aliphatic rings. The summed E-state index contributed by atoms with van der Waals surface area (Å²) in [6, 6.07) is 7.02. The molecule has 1 amide bonds. The Balaban J connectivity index is 1.58. The number of carbonyl (C=O) groups excluding carboxylic acids is 1. The number of methoxy groups -OCH3 is 2. The molecule has 0 bridgehead atoms. The molecule has 3 aromatic rings. The Bertz CT molecular complexity index is 1000. The van der Waals surface area contributed by atoms with Crippen LogP contribution in [-0.4, -0.2) is 52.7 Å². The highest BCUT2D eigenvalue weighted by atomic mass is 16.5. The highest BCUT2D eigenvalue weighted by Gasteiger charge is 2.15. The fourth-order valence-corrected chi connectivity index (χ4v) is 2.83. The molecule has 0 radical (unpaired) electrons. The van der Waals surface area contributed by atoms with Gasteiger partial charge in [0.2, 0.25) is 0 Å². The number of amides is 1. The highest BCUT2D eigenvalue weighted by Crippen LogP contribution is 2.30. The van der Waals surface area contributed by atoms with E-state index in [0.29, 0.717) is 36.0 Å². The largest absolute Gasteiger partial charge is 0.493 e. The average Bonchev–Trinajstić information content (AvgIpc) is 3.09. The summed E-state index contributed by atoms with van der Waals surface area (Å²) in [4.78, 5) is 25.3. The maximum absolute atomic E-state index is 12.5. The summed E-state index contributed by atoms with van der Waals surface area (Å²) in [5.41, 5.74) is 2.39. The summed E-state index contributed by atoms with van der Waals surface area (Å²) in [6.45, 7) is 4.84. The molecule has 3 rings (SSSR count). The Morgan fingerprint density at radius 1 is 1.10 bits per heavy atom. The Kier molecular flexibility index (Phi) is 6.28. The second-order valence-corrected chi connectivity index (χ2v) is 6.27. The average molecular weight is 396 g/mol. The number of ether oxygens (including phenoxy) is 2. The summed E-state index contributed by atoms with van der Waals surface area (Å²) in [5.74, 6) is 2.07. The predicted molar refractivity (Wildman–Crippen MR) is 109 cm³/mol. The standard InChI is InChI=1S/C20H24N6O3/c1-13-14(2)26(12-25-13)18-10-17(23-11-24-18)21-8-9-22-20(27)15-6-5-7-16(28-3)19(15)29-4/h5-7,10-12H,8-9H2,1-4H3,(H,22,27)(H,21,23,24). The van der Waals surface area contributed by atoms with Crippen LogP contribution < -0.4 is 20.1 Å². The number of imidazole rings is 1. The number of carbonyl (C=O) groups is 1. The van der Waals surface area contributed by atoms with Gasteiger partial charge >= 0.3 is 0 Å². The van der Waals surface area contributed by atoms with E-state index in [1.54, 1.807) is 24.5 Å². The van der Waals surface area contributed by atoms with Gasteiger partial charge in [0.05, 0.1) is 25.5 Å². The minimum atomic E-state index is -0.240. The molecule has 152 valence electrons. The first-order valence-electron chi connectivity index (χ1n) is 9.11. The normalized spacial score (nSPS) is 10.5. The van der Waals surface area contributed by atoms with Gasteiger partial charge in [-0.1, -0.05) is 6.07 Å². The molecule has 29 heavy (non-hydrogen) atoms. The highest BCUT2D eigenvalue weighted by molar-refractivity contribution is 5.97. The molecule has 0 unspecified atom stereocenters. The first-order chi connectivity index (χ1) is 14.0. The zero-order chi connectivity index (χ0) is 20.8. The van der Waals surface area contributed by atoms with Gasteiger partial charge in [-0.15, -0.1) is 0 Å². The van der Waals surface area contributed by atoms with E-state index < -0.39 is 0 Å². The van der Waals surface area contributed by atoms with Gasteiger partial charge in [0.1, 0.15) is 24.3 Å². The fraction of sp³-hybridized carbons (Fsp3) is 0.300. The van der Waals surface area contributed by atoms with E-state index in [0.717, 1.165) is 17.2 Å². The van der Waals surface area contributed by atoms with Crippen LogP contribution in [0.2, 0.25) is 0 Å². The van der Waals surface area contributed by atoms with Gasteiger partial charge < -0.3 is 20.1 Å². The quantitative estimate of drug-likeness (QED) is 0.562. The van der Waals surface area contributed by atoms with Crippen molar-refractivity contribution < 1.29 is 14.3 Å². The van der Waals surface area contributed by atoms with Crippen molar-refractivity contribution in [1.29, 1.82) is 0 Å². The molecule has 2 N–H and O–H groups in total. The van der Waals surface area contributed by atoms with Gasteiger partial charge in [-0.05, 0) is 26.0 Å². The lowest BCUT2D eigenvalue weighted by atomic mass is 10.1. The van der Waals surface area contributed by atoms with E-state index in [4.69, 9.17) is 9.47 Å². The Morgan fingerprint density at radius 3 is 2.62 bits per heavy atom. The zero-order valence-electron chi connectivity index (χ0n) is 16.9. The summed E-state index contributed by atoms with van der Waals surface area (Å²) >= 11 is 0. The number of aryl methyl sites for hydroxylation is 1. The predicted octanol–water partition coefficient (Wildman–Crippen LogP) is 2.14. The lowest BCUT2D eigenvalue weighted by Gasteiger charge is -2.13. The number of rotatable bonds is 8. The molecule has 0 spiro atoms. The maximum atomic E-state index is 12.5. The Hall–Kier alpha value is -3.62. The third-order valence-electron chi connectivity index (χ3n) is 4.52. The number of para-hydroxylation sites is 1. The summed E-state index contributed by atoms with van der Waals surface area (Å²) in [6.07, 6.45) is 3.23. The summed E-state index contributed by atoms with van der Waals surface area (Å²) in [5, 5.41) is 6.04. The van der Waals surface area contributed by atoms with Gasteiger partial charge in [0, 0.05) is 24.8 Å². The van der Waals surface area contributed by atoms with Crippen molar-refractivity contribution in [2.24, 2.45) is 0 Å². The second-order valence-electron chi connectivity index (χ2n) is 6.27. The first kappa shape index (κ1) is 20.1. The fourth-order valence-electron chi connectivity index (χ4n) is 2.83. The van der Waals surface area contributed by atoms with Gasteiger partial charge in [0.15, 0.2) is 11.5 Å². The second kappa shape index (κ2) is 9.05. The van der Waals surface area contributed by atoms with Crippen molar-refractivity contribution in [3.8, 4) is 17.3 Å². The molecule has 2 heterocycles. The van der Waals surface area contributed by atoms with Crippen molar-refractivity contribution in [1.82, 2.24) is 24.8 Å². The number of nitrogens with zero attached hydrogens (tertiary/aromatic N) is 4. The van der Waals surface area contributed by atoms with Crippen LogP contribution in [0.4, 0.5) is 5.82 Å². The van der Waals surface area contributed by atoms with Crippen LogP contribution in [0.5, 0.6) is 11.5 Å². The Labute approximate surface area is 169 Å². The van der Waals surface area contributed by atoms with E-state index >= 15 is 0 Å². The monoisotopic (exact) mass is 396 g/mol. The molecule has 2 aromatic heterocycles. The molecule has 0 aliphatic heterocycles. The smallest absolute Gasteiger partial charge is 0.255 e. The van der Waals surface area contributed by atoms with Crippen LogP contribution in [0.15, 0.2) is 36.9 Å². The molecule has 0 saturated heterocycles. The molecule has 1 aromatic carbocycles. The number of aromatic nitrogens is 4. The Morgan fingerprint density at radius 2 is 1.93 bits per heavy atom. The molecular formula is C20H24N6O3. The van der Waals surface area contributed by atoms with E-state index in [1.165, 1.54) is 20.5 Å². The lowest BCUT2D eigenvalue weighted by Crippen LogP contribution is -2.29. The SMILES string of the molecule is COc1cccc(C(=O)NCCNc2cc(-n3cnc(C)c3C)ncn2)c1OC. The summed E-state index contributed by atoms with van der Waals surface area (Å²) in [7, 11) is 3.04. The lowest BCUT2D eigenvalue weighted by molar-refractivity contribution is 0.0951. The molecule has 0 saturated carbocycles. The van der Waals surface area contributed by atoms with Crippen molar-refractivity contribution >= 4 is 11.7 Å². The van der Waals surface area contributed by atoms with Gasteiger partial charge in [-0.3, -0.25) is 9.36 Å². The van der Waals surface area contributed by atoms with E-state index in [2.05, 4.69) is 25.6 Å². The van der Waals surface area contributed by atoms with Crippen molar-refractivity contribution in [3.05, 3.63) is 53.9 Å². The van der Waals surface area contributed by atoms with Crippen LogP contribution in [0.1, 0.15) is 21.7 Å². The molecular weight excluding hydrogens is 372 g/mol. The first-order valence-corrected chi connectivity index (χ1v) is 9.11. The van der Waals surface area contributed by atoms with E-state index in [-0.39, 0.29) is 5.91 Å². The third-order valence-corrected chi connectivity index (χ3v) is 4.52. The van der Waals surface area contributed by atoms with Crippen LogP contribution in [0.3, 0.4) is 0 Å². The van der Waals surface area contributed by atoms with Crippen LogP contribution in [0, 0.1) is 13.8 Å². The van der Waals surface area contributed by atoms with Gasteiger partial charge in [-0.25, -0.2) is 15.0 Å². The number of anilines is 1. The molecule has 0 aliphatic carbocycles. The van der Waals surface area contributed by atoms with Crippen LogP contribution >= 0.6 is 0 Å². The van der Waals surface area contributed by atoms with E-state index in [9.17, 15) is 4.79 Å². The number of nitrogens with one attached hydrogen (secondary N) is 2. The number of benzene rings is 1. The van der Waals surface area contributed by atoms with E-state index in [1.807, 2.05) is 24.5 Å². The van der Waals surface area contributed by atoms with Crippen LogP contribution in [0.25, 0.3) is 5.82 Å². The zero-order valence-corrected chi connectivity index (χ0v) is 16.9. The van der Waals surface area contributed by atoms with Crippen molar-refractivity contribution in [2.75, 3.05) is 32.6 Å². The maximum Gasteiger partial charge on any atom is 0.255 e. The van der Waals surface area contributed by atoms with Gasteiger partial charge in [0.25, 0.3) is 5.91 Å².